The number of nitrogens with one attached hydrogen (secondary N) is 1. The second-order valence-corrected chi connectivity index (χ2v) is 9.42. The molecule has 2 aromatic carbocycles. The lowest BCUT2D eigenvalue weighted by molar-refractivity contribution is 0.0951. The standard InChI is InChI=1S/C21H22N2O4S2/c1-23(15-16-7-4-3-5-8-16)29(25,26)20-13-17(10-11-19(20)27-2)21(24)22-14-18-9-6-12-28-18/h3-13H,14-15H2,1-2H3,(H,22,24). The summed E-state index contributed by atoms with van der Waals surface area (Å²) in [4.78, 5) is 13.5. The monoisotopic (exact) mass is 430 g/mol. The molecule has 0 radical (unpaired) electrons. The van der Waals surface area contributed by atoms with Crippen LogP contribution in [0.3, 0.4) is 0 Å². The summed E-state index contributed by atoms with van der Waals surface area (Å²) >= 11 is 1.54. The first kappa shape index (κ1) is 21.0. The molecule has 0 saturated carbocycles. The van der Waals surface area contributed by atoms with Gasteiger partial charge in [-0.05, 0) is 35.2 Å². The van der Waals surface area contributed by atoms with Crippen LogP contribution in [-0.4, -0.2) is 32.8 Å². The number of thiophene rings is 1. The molecule has 1 amide bonds. The van der Waals surface area contributed by atoms with Crippen molar-refractivity contribution in [2.24, 2.45) is 0 Å². The van der Waals surface area contributed by atoms with Crippen LogP contribution in [0, 0.1) is 0 Å². The summed E-state index contributed by atoms with van der Waals surface area (Å²) in [5, 5.41) is 4.74. The van der Waals surface area contributed by atoms with Crippen molar-refractivity contribution in [3.05, 3.63) is 82.0 Å². The minimum atomic E-state index is -3.86. The van der Waals surface area contributed by atoms with Crippen LogP contribution in [0.2, 0.25) is 0 Å². The Morgan fingerprint density at radius 1 is 1.10 bits per heavy atom. The zero-order valence-corrected chi connectivity index (χ0v) is 17.8. The van der Waals surface area contributed by atoms with Gasteiger partial charge in [0, 0.05) is 24.0 Å². The molecular formula is C21H22N2O4S2. The molecule has 29 heavy (non-hydrogen) atoms. The highest BCUT2D eigenvalue weighted by molar-refractivity contribution is 7.89. The molecule has 0 spiro atoms. The molecule has 0 aliphatic carbocycles. The van der Waals surface area contributed by atoms with Crippen molar-refractivity contribution >= 4 is 27.3 Å². The van der Waals surface area contributed by atoms with Gasteiger partial charge in [0.05, 0.1) is 13.7 Å². The first-order valence-electron chi connectivity index (χ1n) is 8.90. The average molecular weight is 431 g/mol. The highest BCUT2D eigenvalue weighted by Gasteiger charge is 2.26. The molecule has 1 aromatic heterocycles. The minimum absolute atomic E-state index is 0.0396. The van der Waals surface area contributed by atoms with Gasteiger partial charge in [0.15, 0.2) is 0 Å². The Hall–Kier alpha value is -2.68. The van der Waals surface area contributed by atoms with Crippen molar-refractivity contribution in [1.29, 1.82) is 0 Å². The summed E-state index contributed by atoms with van der Waals surface area (Å²) in [6, 6.07) is 17.6. The van der Waals surface area contributed by atoms with E-state index in [1.807, 2.05) is 47.8 Å². The van der Waals surface area contributed by atoms with Crippen molar-refractivity contribution in [2.75, 3.05) is 14.2 Å². The van der Waals surface area contributed by atoms with Crippen LogP contribution in [0.5, 0.6) is 5.75 Å². The van der Waals surface area contributed by atoms with E-state index in [-0.39, 0.29) is 28.7 Å². The number of nitrogens with zero attached hydrogens (tertiary/aromatic N) is 1. The predicted molar refractivity (Wildman–Crippen MR) is 114 cm³/mol. The van der Waals surface area contributed by atoms with Crippen LogP contribution in [-0.2, 0) is 23.1 Å². The Morgan fingerprint density at radius 3 is 2.52 bits per heavy atom. The van der Waals surface area contributed by atoms with E-state index in [9.17, 15) is 13.2 Å². The minimum Gasteiger partial charge on any atom is -0.495 e. The second kappa shape index (κ2) is 9.21. The normalized spacial score (nSPS) is 11.4. The summed E-state index contributed by atoms with van der Waals surface area (Å²) in [5.74, 6) is -0.150. The van der Waals surface area contributed by atoms with Gasteiger partial charge in [0.2, 0.25) is 10.0 Å². The Morgan fingerprint density at radius 2 is 1.86 bits per heavy atom. The molecule has 0 saturated heterocycles. The molecule has 0 aliphatic heterocycles. The van der Waals surface area contributed by atoms with Crippen LogP contribution in [0.4, 0.5) is 0 Å². The molecule has 0 aliphatic rings. The van der Waals surface area contributed by atoms with Crippen LogP contribution in [0.1, 0.15) is 20.8 Å². The van der Waals surface area contributed by atoms with Crippen molar-refractivity contribution in [1.82, 2.24) is 9.62 Å². The van der Waals surface area contributed by atoms with E-state index in [2.05, 4.69) is 5.32 Å². The molecule has 0 bridgehead atoms. The summed E-state index contributed by atoms with van der Waals surface area (Å²) in [6.45, 7) is 0.597. The Labute approximate surface area is 174 Å². The summed E-state index contributed by atoms with van der Waals surface area (Å²) < 4.78 is 32.8. The average Bonchev–Trinajstić information content (AvgIpc) is 3.26. The number of sulfonamides is 1. The van der Waals surface area contributed by atoms with Gasteiger partial charge in [-0.3, -0.25) is 4.79 Å². The van der Waals surface area contributed by atoms with Crippen molar-refractivity contribution < 1.29 is 17.9 Å². The lowest BCUT2D eigenvalue weighted by Crippen LogP contribution is -2.28. The molecule has 0 fully saturated rings. The summed E-state index contributed by atoms with van der Waals surface area (Å²) in [7, 11) is -0.954. The number of carbonyl (C=O) groups excluding carboxylic acids is 1. The summed E-state index contributed by atoms with van der Waals surface area (Å²) in [5.41, 5.74) is 1.12. The summed E-state index contributed by atoms with van der Waals surface area (Å²) in [6.07, 6.45) is 0. The third kappa shape index (κ3) is 5.03. The van der Waals surface area contributed by atoms with Crippen molar-refractivity contribution in [2.45, 2.75) is 18.0 Å². The maximum Gasteiger partial charge on any atom is 0.251 e. The highest BCUT2D eigenvalue weighted by Crippen LogP contribution is 2.28. The molecule has 0 atom stereocenters. The van der Waals surface area contributed by atoms with Gasteiger partial charge in [0.1, 0.15) is 10.6 Å². The van der Waals surface area contributed by atoms with Crippen molar-refractivity contribution in [3.8, 4) is 5.75 Å². The molecule has 1 N–H and O–H groups in total. The molecule has 3 aromatic rings. The van der Waals surface area contributed by atoms with Crippen LogP contribution < -0.4 is 10.1 Å². The van der Waals surface area contributed by atoms with Gasteiger partial charge in [-0.1, -0.05) is 36.4 Å². The van der Waals surface area contributed by atoms with E-state index in [0.717, 1.165) is 10.4 Å². The zero-order chi connectivity index (χ0) is 20.9. The van der Waals surface area contributed by atoms with E-state index >= 15 is 0 Å². The number of ether oxygens (including phenoxy) is 1. The van der Waals surface area contributed by atoms with Crippen LogP contribution >= 0.6 is 11.3 Å². The third-order valence-electron chi connectivity index (χ3n) is 4.37. The molecule has 8 heteroatoms. The van der Waals surface area contributed by atoms with Gasteiger partial charge in [-0.2, -0.15) is 4.31 Å². The van der Waals surface area contributed by atoms with Gasteiger partial charge in [0.25, 0.3) is 5.91 Å². The maximum absolute atomic E-state index is 13.2. The molecule has 1 heterocycles. The highest BCUT2D eigenvalue weighted by atomic mass is 32.2. The Balaban J connectivity index is 1.84. The number of methoxy groups -OCH3 is 1. The SMILES string of the molecule is COc1ccc(C(=O)NCc2cccs2)cc1S(=O)(=O)N(C)Cc1ccccc1. The van der Waals surface area contributed by atoms with Gasteiger partial charge in [-0.15, -0.1) is 11.3 Å². The predicted octanol–water partition coefficient (Wildman–Crippen LogP) is 3.51. The first-order chi connectivity index (χ1) is 13.9. The molecule has 152 valence electrons. The molecular weight excluding hydrogens is 408 g/mol. The van der Waals surface area contributed by atoms with Gasteiger partial charge >= 0.3 is 0 Å². The lowest BCUT2D eigenvalue weighted by atomic mass is 10.2. The maximum atomic E-state index is 13.2. The topological polar surface area (TPSA) is 75.7 Å². The van der Waals surface area contributed by atoms with Crippen LogP contribution in [0.25, 0.3) is 0 Å². The lowest BCUT2D eigenvalue weighted by Gasteiger charge is -2.19. The number of carbonyl (C=O) groups is 1. The Bertz CT molecular complexity index is 1070. The number of benzene rings is 2. The third-order valence-corrected chi connectivity index (χ3v) is 7.07. The number of hydrogen-bond donors (Lipinski definition) is 1. The van der Waals surface area contributed by atoms with Gasteiger partial charge in [-0.25, -0.2) is 8.42 Å². The van der Waals surface area contributed by atoms with E-state index in [1.54, 1.807) is 17.4 Å². The van der Waals surface area contributed by atoms with Crippen LogP contribution in [0.15, 0.2) is 70.9 Å². The fourth-order valence-electron chi connectivity index (χ4n) is 2.80. The van der Waals surface area contributed by atoms with Gasteiger partial charge < -0.3 is 10.1 Å². The number of hydrogen-bond acceptors (Lipinski definition) is 5. The fraction of sp³-hybridized carbons (Fsp3) is 0.190. The van der Waals surface area contributed by atoms with E-state index in [4.69, 9.17) is 4.74 Å². The zero-order valence-electron chi connectivity index (χ0n) is 16.2. The smallest absolute Gasteiger partial charge is 0.251 e. The quantitative estimate of drug-likeness (QED) is 0.593. The number of amides is 1. The van der Waals surface area contributed by atoms with Crippen molar-refractivity contribution in [3.63, 3.8) is 0 Å². The second-order valence-electron chi connectivity index (χ2n) is 6.37. The molecule has 6 nitrogen and oxygen atoms in total. The first-order valence-corrected chi connectivity index (χ1v) is 11.2. The molecule has 0 unspecified atom stereocenters. The fourth-order valence-corrected chi connectivity index (χ4v) is 4.78. The Kier molecular flexibility index (Phi) is 6.68. The van der Waals surface area contributed by atoms with E-state index in [1.165, 1.54) is 30.6 Å². The number of rotatable bonds is 8. The largest absolute Gasteiger partial charge is 0.495 e. The van der Waals surface area contributed by atoms with E-state index < -0.39 is 10.0 Å². The molecule has 3 rings (SSSR count). The van der Waals surface area contributed by atoms with E-state index in [0.29, 0.717) is 6.54 Å².